The molecule has 1 heterocycles. The highest BCUT2D eigenvalue weighted by Gasteiger charge is 2.69. The molecule has 14 atom stereocenters. The summed E-state index contributed by atoms with van der Waals surface area (Å²) in [4.78, 5) is 13.5. The van der Waals surface area contributed by atoms with Gasteiger partial charge in [0.05, 0.1) is 35.6 Å². The molecule has 5 aliphatic rings. The van der Waals surface area contributed by atoms with E-state index in [1.165, 1.54) is 0 Å². The number of allylic oxidation sites excluding steroid dienone is 1. The van der Waals surface area contributed by atoms with Crippen molar-refractivity contribution in [1.82, 2.24) is 0 Å². The summed E-state index contributed by atoms with van der Waals surface area (Å²) < 4.78 is 11.8. The van der Waals surface area contributed by atoms with E-state index in [0.717, 1.165) is 12.0 Å². The van der Waals surface area contributed by atoms with Crippen molar-refractivity contribution in [2.75, 3.05) is 6.61 Å². The molecule has 252 valence electrons. The van der Waals surface area contributed by atoms with Gasteiger partial charge in [-0.2, -0.15) is 0 Å². The largest absolute Gasteiger partial charge is 0.394 e. The van der Waals surface area contributed by atoms with Gasteiger partial charge in [-0.05, 0) is 107 Å². The minimum absolute atomic E-state index is 0.0178. The molecular formula is C33H54O11. The van der Waals surface area contributed by atoms with Gasteiger partial charge in [-0.1, -0.05) is 13.8 Å². The van der Waals surface area contributed by atoms with E-state index >= 15 is 0 Å². The second kappa shape index (κ2) is 11.6. The molecule has 8 N–H and O–H groups in total. The van der Waals surface area contributed by atoms with Crippen molar-refractivity contribution in [1.29, 1.82) is 0 Å². The SMILES string of the molecule is CC(C)(O)CC[C@@H](O[C@@H]1O[C@H](CO)[C@@H](O)[C@H](O)[C@H]1O)[C@](C)(O)[C@H]1CC[C@@]2(O)C3=CC(=O)[C@H]4C[C@@H](O)CC[C@]4(C)[C@H]3CC[C@]12C. The quantitative estimate of drug-likeness (QED) is 0.189. The maximum Gasteiger partial charge on any atom is 0.187 e. The van der Waals surface area contributed by atoms with Crippen molar-refractivity contribution in [2.24, 2.45) is 28.6 Å². The molecule has 3 saturated carbocycles. The zero-order valence-electron chi connectivity index (χ0n) is 26.7. The lowest BCUT2D eigenvalue weighted by atomic mass is 9.46. The molecule has 5 rings (SSSR count). The fraction of sp³-hybridized carbons (Fsp3) is 0.909. The van der Waals surface area contributed by atoms with Crippen molar-refractivity contribution in [3.05, 3.63) is 11.6 Å². The molecule has 1 saturated heterocycles. The number of aliphatic hydroxyl groups excluding tert-OH is 5. The summed E-state index contributed by atoms with van der Waals surface area (Å²) >= 11 is 0. The Morgan fingerprint density at radius 2 is 1.66 bits per heavy atom. The number of hydrogen-bond donors (Lipinski definition) is 8. The van der Waals surface area contributed by atoms with Gasteiger partial charge >= 0.3 is 0 Å². The standard InChI is InChI=1S/C33H54O11/c1-29(2,40)10-9-24(44-28-27(39)26(38)25(37)22(16-34)43-28)32(5,41)23-8-13-33(42)19-15-21(36)20-14-17(35)6-11-30(20,3)18(19)7-12-31(23,33)4/h15,17-18,20,22-28,34-35,37-42H,6-14,16H2,1-5H3/t17-,18-,20+,22+,23-,24+,25+,26-,27+,28-,30+,31+,32+,33+/m0/s1. The molecule has 11 nitrogen and oxygen atoms in total. The van der Waals surface area contributed by atoms with Gasteiger partial charge in [0, 0.05) is 11.3 Å². The van der Waals surface area contributed by atoms with E-state index in [9.17, 15) is 45.6 Å². The Morgan fingerprint density at radius 1 is 0.977 bits per heavy atom. The molecule has 0 spiro atoms. The van der Waals surface area contributed by atoms with E-state index in [1.807, 2.05) is 6.92 Å². The number of aliphatic hydroxyl groups is 8. The number of ether oxygens (including phenoxy) is 2. The fourth-order valence-corrected chi connectivity index (χ4v) is 9.80. The number of carbonyl (C=O) groups excluding carboxylic acids is 1. The second-order valence-electron chi connectivity index (χ2n) is 15.8. The summed E-state index contributed by atoms with van der Waals surface area (Å²) in [6.07, 6.45) is -3.30. The molecule has 1 aliphatic heterocycles. The number of hydrogen-bond acceptors (Lipinski definition) is 11. The molecule has 0 aromatic heterocycles. The van der Waals surface area contributed by atoms with E-state index in [2.05, 4.69) is 6.92 Å². The van der Waals surface area contributed by atoms with Gasteiger partial charge < -0.3 is 50.3 Å². The highest BCUT2D eigenvalue weighted by molar-refractivity contribution is 5.95. The van der Waals surface area contributed by atoms with Gasteiger partial charge in [0.1, 0.15) is 24.4 Å². The Labute approximate surface area is 259 Å². The van der Waals surface area contributed by atoms with Crippen LogP contribution in [0.5, 0.6) is 0 Å². The molecule has 4 aliphatic carbocycles. The van der Waals surface area contributed by atoms with Crippen LogP contribution in [0.3, 0.4) is 0 Å². The third kappa shape index (κ3) is 5.42. The topological polar surface area (TPSA) is 197 Å². The molecule has 0 aromatic rings. The maximum atomic E-state index is 13.5. The third-order valence-corrected chi connectivity index (χ3v) is 12.6. The monoisotopic (exact) mass is 626 g/mol. The Morgan fingerprint density at radius 3 is 2.30 bits per heavy atom. The minimum atomic E-state index is -1.67. The van der Waals surface area contributed by atoms with Crippen LogP contribution in [0.15, 0.2) is 11.6 Å². The van der Waals surface area contributed by atoms with Gasteiger partial charge in [-0.25, -0.2) is 0 Å². The van der Waals surface area contributed by atoms with Gasteiger partial charge in [0.25, 0.3) is 0 Å². The Hall–Kier alpha value is -0.990. The van der Waals surface area contributed by atoms with Crippen molar-refractivity contribution in [3.63, 3.8) is 0 Å². The van der Waals surface area contributed by atoms with Gasteiger partial charge in [-0.3, -0.25) is 4.79 Å². The van der Waals surface area contributed by atoms with E-state index < -0.39 is 77.7 Å². The summed E-state index contributed by atoms with van der Waals surface area (Å²) in [5.41, 5.74) is -4.57. The van der Waals surface area contributed by atoms with Gasteiger partial charge in [0.2, 0.25) is 0 Å². The Balaban J connectivity index is 1.46. The first-order chi connectivity index (χ1) is 20.3. The first-order valence-electron chi connectivity index (χ1n) is 16.4. The lowest BCUT2D eigenvalue weighted by molar-refractivity contribution is -0.328. The average Bonchev–Trinajstić information content (AvgIpc) is 3.23. The third-order valence-electron chi connectivity index (χ3n) is 12.6. The molecule has 0 aromatic carbocycles. The van der Waals surface area contributed by atoms with E-state index in [-0.39, 0.29) is 35.9 Å². The van der Waals surface area contributed by atoms with Crippen LogP contribution in [0.2, 0.25) is 0 Å². The molecule has 4 fully saturated rings. The minimum Gasteiger partial charge on any atom is -0.394 e. The molecule has 0 unspecified atom stereocenters. The van der Waals surface area contributed by atoms with Crippen LogP contribution in [0.25, 0.3) is 0 Å². The first-order valence-corrected chi connectivity index (χ1v) is 16.4. The van der Waals surface area contributed by atoms with Crippen molar-refractivity contribution >= 4 is 5.78 Å². The summed E-state index contributed by atoms with van der Waals surface area (Å²) in [5, 5.41) is 87.0. The van der Waals surface area contributed by atoms with Crippen molar-refractivity contribution < 1.29 is 55.1 Å². The van der Waals surface area contributed by atoms with Gasteiger partial charge in [0.15, 0.2) is 12.1 Å². The second-order valence-corrected chi connectivity index (χ2v) is 15.8. The first kappa shape index (κ1) is 34.3. The van der Waals surface area contributed by atoms with Crippen LogP contribution >= 0.6 is 0 Å². The number of carbonyl (C=O) groups is 1. The zero-order chi connectivity index (χ0) is 32.6. The molecule has 0 amide bonds. The van der Waals surface area contributed by atoms with E-state index in [0.29, 0.717) is 38.5 Å². The lowest BCUT2D eigenvalue weighted by Gasteiger charge is -2.60. The smallest absolute Gasteiger partial charge is 0.187 e. The van der Waals surface area contributed by atoms with Crippen LogP contribution in [0, 0.1) is 28.6 Å². The average molecular weight is 627 g/mol. The maximum absolute atomic E-state index is 13.5. The number of rotatable bonds is 8. The van der Waals surface area contributed by atoms with Crippen LogP contribution in [-0.2, 0) is 14.3 Å². The molecule has 0 bridgehead atoms. The van der Waals surface area contributed by atoms with E-state index in [1.54, 1.807) is 26.8 Å². The predicted molar refractivity (Wildman–Crippen MR) is 158 cm³/mol. The normalized spacial score (nSPS) is 48.1. The Bertz CT molecular complexity index is 1120. The number of fused-ring (bicyclic) bond motifs is 5. The van der Waals surface area contributed by atoms with Gasteiger partial charge in [-0.15, -0.1) is 0 Å². The fourth-order valence-electron chi connectivity index (χ4n) is 9.80. The lowest BCUT2D eigenvalue weighted by Crippen LogP contribution is -2.64. The highest BCUT2D eigenvalue weighted by Crippen LogP contribution is 2.68. The summed E-state index contributed by atoms with van der Waals surface area (Å²) in [5.74, 6) is -0.881. The van der Waals surface area contributed by atoms with Crippen LogP contribution in [0.1, 0.15) is 92.4 Å². The van der Waals surface area contributed by atoms with Crippen LogP contribution < -0.4 is 0 Å². The molecular weight excluding hydrogens is 572 g/mol. The number of ketones is 1. The zero-order valence-corrected chi connectivity index (χ0v) is 26.7. The summed E-state index contributed by atoms with van der Waals surface area (Å²) in [6, 6.07) is 0. The highest BCUT2D eigenvalue weighted by atomic mass is 16.7. The van der Waals surface area contributed by atoms with Crippen LogP contribution in [-0.4, -0.2) is 113 Å². The predicted octanol–water partition coefficient (Wildman–Crippen LogP) is 0.707. The van der Waals surface area contributed by atoms with Crippen molar-refractivity contribution in [3.8, 4) is 0 Å². The van der Waals surface area contributed by atoms with Crippen LogP contribution in [0.4, 0.5) is 0 Å². The molecule has 0 radical (unpaired) electrons. The Kier molecular flexibility index (Phi) is 9.06. The van der Waals surface area contributed by atoms with Crippen molar-refractivity contribution in [2.45, 2.75) is 152 Å². The van der Waals surface area contributed by atoms with E-state index in [4.69, 9.17) is 9.47 Å². The summed E-state index contributed by atoms with van der Waals surface area (Å²) in [6.45, 7) is 8.34. The summed E-state index contributed by atoms with van der Waals surface area (Å²) in [7, 11) is 0. The molecule has 11 heteroatoms. The molecule has 44 heavy (non-hydrogen) atoms.